The van der Waals surface area contributed by atoms with Crippen LogP contribution in [0.25, 0.3) is 11.0 Å². The molecule has 5 heteroatoms. The van der Waals surface area contributed by atoms with Gasteiger partial charge in [0, 0.05) is 0 Å². The van der Waals surface area contributed by atoms with E-state index in [2.05, 4.69) is 15.3 Å². The zero-order valence-corrected chi connectivity index (χ0v) is 6.61. The van der Waals surface area contributed by atoms with Crippen LogP contribution in [0, 0.1) is 0 Å². The molecule has 0 saturated heterocycles. The summed E-state index contributed by atoms with van der Waals surface area (Å²) >= 11 is 0. The normalized spacial score (nSPS) is 10.2. The number of aromatic nitrogens is 2. The van der Waals surface area contributed by atoms with E-state index in [1.165, 1.54) is 6.33 Å². The summed E-state index contributed by atoms with van der Waals surface area (Å²) in [5.74, 6) is 0. The molecule has 0 fully saturated rings. The summed E-state index contributed by atoms with van der Waals surface area (Å²) in [6.07, 6.45) is 0.438. The topological polar surface area (TPSA) is 78.0 Å². The summed E-state index contributed by atoms with van der Waals surface area (Å²) in [5, 5.41) is 10.8. The minimum Gasteiger partial charge on any atom is -0.465 e. The Bertz CT molecular complexity index is 449. The van der Waals surface area contributed by atoms with Crippen LogP contribution in [0.15, 0.2) is 24.5 Å². The molecule has 1 amide bonds. The number of nitrogens with one attached hydrogen (secondary N) is 2. The Morgan fingerprint density at radius 2 is 2.38 bits per heavy atom. The van der Waals surface area contributed by atoms with Crippen molar-refractivity contribution in [2.24, 2.45) is 0 Å². The second-order valence-corrected chi connectivity index (χ2v) is 2.53. The van der Waals surface area contributed by atoms with Gasteiger partial charge in [0.1, 0.15) is 5.52 Å². The third kappa shape index (κ3) is 1.31. The molecule has 66 valence electrons. The highest BCUT2D eigenvalue weighted by molar-refractivity contribution is 5.95. The SMILES string of the molecule is O=C(O)Nc1cccc2[nH]cnc12. The number of hydrogen-bond acceptors (Lipinski definition) is 2. The van der Waals surface area contributed by atoms with Crippen LogP contribution in [0.5, 0.6) is 0 Å². The number of hydrogen-bond donors (Lipinski definition) is 3. The van der Waals surface area contributed by atoms with Crippen LogP contribution in [0.4, 0.5) is 10.5 Å². The molecule has 0 bridgehead atoms. The number of nitrogens with zero attached hydrogens (tertiary/aromatic N) is 1. The van der Waals surface area contributed by atoms with E-state index >= 15 is 0 Å². The quantitative estimate of drug-likeness (QED) is 0.619. The Labute approximate surface area is 73.4 Å². The van der Waals surface area contributed by atoms with Gasteiger partial charge in [0.15, 0.2) is 0 Å². The minimum atomic E-state index is -1.09. The van der Waals surface area contributed by atoms with Crippen molar-refractivity contribution >= 4 is 22.8 Å². The summed E-state index contributed by atoms with van der Waals surface area (Å²) < 4.78 is 0. The van der Waals surface area contributed by atoms with Crippen LogP contribution < -0.4 is 5.32 Å². The lowest BCUT2D eigenvalue weighted by Gasteiger charge is -1.99. The molecule has 3 N–H and O–H groups in total. The van der Waals surface area contributed by atoms with E-state index in [1.54, 1.807) is 12.1 Å². The van der Waals surface area contributed by atoms with Gasteiger partial charge in [-0.15, -0.1) is 0 Å². The maximum Gasteiger partial charge on any atom is 0.409 e. The standard InChI is InChI=1S/C8H7N3O2/c12-8(13)11-6-3-1-2-5-7(6)10-4-9-5/h1-4,11H,(H,9,10)(H,12,13). The zero-order valence-electron chi connectivity index (χ0n) is 6.61. The second-order valence-electron chi connectivity index (χ2n) is 2.53. The number of para-hydroxylation sites is 1. The van der Waals surface area contributed by atoms with Gasteiger partial charge < -0.3 is 10.1 Å². The molecule has 0 saturated carbocycles. The number of carbonyl (C=O) groups is 1. The number of amides is 1. The molecule has 0 aliphatic heterocycles. The molecule has 0 radical (unpaired) electrons. The number of anilines is 1. The summed E-state index contributed by atoms with van der Waals surface area (Å²) in [5.41, 5.74) is 1.93. The summed E-state index contributed by atoms with van der Waals surface area (Å²) in [7, 11) is 0. The van der Waals surface area contributed by atoms with Gasteiger partial charge in [-0.05, 0) is 12.1 Å². The fourth-order valence-corrected chi connectivity index (χ4v) is 1.18. The van der Waals surface area contributed by atoms with Crippen molar-refractivity contribution in [2.75, 3.05) is 5.32 Å². The average Bonchev–Trinajstić information content (AvgIpc) is 2.51. The number of aromatic amines is 1. The van der Waals surface area contributed by atoms with Gasteiger partial charge in [-0.2, -0.15) is 0 Å². The fourth-order valence-electron chi connectivity index (χ4n) is 1.18. The van der Waals surface area contributed by atoms with Crippen LogP contribution >= 0.6 is 0 Å². The van der Waals surface area contributed by atoms with Crippen LogP contribution in [0.2, 0.25) is 0 Å². The Morgan fingerprint density at radius 1 is 1.54 bits per heavy atom. The predicted molar refractivity (Wildman–Crippen MR) is 47.7 cm³/mol. The maximum absolute atomic E-state index is 10.4. The Balaban J connectivity index is 2.54. The average molecular weight is 177 g/mol. The monoisotopic (exact) mass is 177 g/mol. The highest BCUT2D eigenvalue weighted by atomic mass is 16.4. The highest BCUT2D eigenvalue weighted by Crippen LogP contribution is 2.18. The van der Waals surface area contributed by atoms with Crippen LogP contribution in [0.3, 0.4) is 0 Å². The molecule has 0 aliphatic carbocycles. The van der Waals surface area contributed by atoms with Gasteiger partial charge in [-0.1, -0.05) is 6.07 Å². The molecule has 2 rings (SSSR count). The molecule has 1 heterocycles. The first kappa shape index (κ1) is 7.60. The first-order valence-electron chi connectivity index (χ1n) is 3.69. The molecule has 0 unspecified atom stereocenters. The van der Waals surface area contributed by atoms with Crippen molar-refractivity contribution in [3.8, 4) is 0 Å². The van der Waals surface area contributed by atoms with Crippen molar-refractivity contribution in [1.82, 2.24) is 9.97 Å². The first-order chi connectivity index (χ1) is 6.27. The number of benzene rings is 1. The van der Waals surface area contributed by atoms with Crippen molar-refractivity contribution in [1.29, 1.82) is 0 Å². The molecule has 0 aliphatic rings. The molecule has 5 nitrogen and oxygen atoms in total. The van der Waals surface area contributed by atoms with Gasteiger partial charge in [0.2, 0.25) is 0 Å². The first-order valence-corrected chi connectivity index (χ1v) is 3.69. The molecular weight excluding hydrogens is 170 g/mol. The van der Waals surface area contributed by atoms with Gasteiger partial charge in [0.05, 0.1) is 17.5 Å². The lowest BCUT2D eigenvalue weighted by molar-refractivity contribution is 0.210. The van der Waals surface area contributed by atoms with Crippen molar-refractivity contribution in [2.45, 2.75) is 0 Å². The van der Waals surface area contributed by atoms with Gasteiger partial charge in [-0.3, -0.25) is 5.32 Å². The fraction of sp³-hybridized carbons (Fsp3) is 0. The smallest absolute Gasteiger partial charge is 0.409 e. The van der Waals surface area contributed by atoms with E-state index in [0.717, 1.165) is 5.52 Å². The van der Waals surface area contributed by atoms with E-state index in [9.17, 15) is 4.79 Å². The third-order valence-corrected chi connectivity index (χ3v) is 1.69. The maximum atomic E-state index is 10.4. The van der Waals surface area contributed by atoms with Crippen molar-refractivity contribution in [3.63, 3.8) is 0 Å². The van der Waals surface area contributed by atoms with Crippen LogP contribution in [-0.2, 0) is 0 Å². The zero-order chi connectivity index (χ0) is 9.26. The molecule has 1 aromatic heterocycles. The van der Waals surface area contributed by atoms with Crippen LogP contribution in [0.1, 0.15) is 0 Å². The number of carboxylic acid groups (broad SMARTS) is 1. The van der Waals surface area contributed by atoms with E-state index in [-0.39, 0.29) is 0 Å². The van der Waals surface area contributed by atoms with Crippen LogP contribution in [-0.4, -0.2) is 21.2 Å². The van der Waals surface area contributed by atoms with Crippen molar-refractivity contribution in [3.05, 3.63) is 24.5 Å². The van der Waals surface area contributed by atoms with E-state index in [0.29, 0.717) is 11.2 Å². The number of rotatable bonds is 1. The van der Waals surface area contributed by atoms with Gasteiger partial charge >= 0.3 is 6.09 Å². The Kier molecular flexibility index (Phi) is 1.63. The molecular formula is C8H7N3O2. The molecule has 0 spiro atoms. The summed E-state index contributed by atoms with van der Waals surface area (Å²) in [6, 6.07) is 5.25. The minimum absolute atomic E-state index is 0.492. The second kappa shape index (κ2) is 2.78. The Hall–Kier alpha value is -2.04. The predicted octanol–water partition coefficient (Wildman–Crippen LogP) is 1.65. The molecule has 1 aromatic carbocycles. The van der Waals surface area contributed by atoms with E-state index in [1.807, 2.05) is 6.07 Å². The van der Waals surface area contributed by atoms with E-state index in [4.69, 9.17) is 5.11 Å². The molecule has 13 heavy (non-hydrogen) atoms. The third-order valence-electron chi connectivity index (χ3n) is 1.69. The highest BCUT2D eigenvalue weighted by Gasteiger charge is 2.04. The van der Waals surface area contributed by atoms with Gasteiger partial charge in [-0.25, -0.2) is 9.78 Å². The molecule has 2 aromatic rings. The number of imidazole rings is 1. The van der Waals surface area contributed by atoms with Gasteiger partial charge in [0.25, 0.3) is 0 Å². The lowest BCUT2D eigenvalue weighted by atomic mass is 10.3. The Morgan fingerprint density at radius 3 is 3.15 bits per heavy atom. The summed E-state index contributed by atoms with van der Waals surface area (Å²) in [4.78, 5) is 17.3. The van der Waals surface area contributed by atoms with Crippen molar-refractivity contribution < 1.29 is 9.90 Å². The molecule has 0 atom stereocenters. The number of H-pyrrole nitrogens is 1. The van der Waals surface area contributed by atoms with E-state index < -0.39 is 6.09 Å². The number of fused-ring (bicyclic) bond motifs is 1. The largest absolute Gasteiger partial charge is 0.465 e. The summed E-state index contributed by atoms with van der Waals surface area (Å²) in [6.45, 7) is 0. The lowest BCUT2D eigenvalue weighted by Crippen LogP contribution is -2.07.